The van der Waals surface area contributed by atoms with Gasteiger partial charge in [0.1, 0.15) is 11.8 Å². The molecule has 1 rings (SSSR count). The maximum atomic E-state index is 11.1. The van der Waals surface area contributed by atoms with Crippen molar-refractivity contribution < 1.29 is 9.90 Å². The minimum Gasteiger partial charge on any atom is -0.508 e. The van der Waals surface area contributed by atoms with Crippen molar-refractivity contribution in [2.24, 2.45) is 5.73 Å². The Kier molecular flexibility index (Phi) is 3.48. The zero-order valence-electron chi connectivity index (χ0n) is 8.03. The van der Waals surface area contributed by atoms with Crippen LogP contribution in [0.2, 0.25) is 0 Å². The predicted molar refractivity (Wildman–Crippen MR) is 53.7 cm³/mol. The number of aromatic hydroxyl groups is 1. The molecule has 4 N–H and O–H groups in total. The summed E-state index contributed by atoms with van der Waals surface area (Å²) in [7, 11) is 0. The fourth-order valence-corrected chi connectivity index (χ4v) is 1.25. The van der Waals surface area contributed by atoms with Gasteiger partial charge in [-0.1, -0.05) is 19.1 Å². The largest absolute Gasteiger partial charge is 0.508 e. The highest BCUT2D eigenvalue weighted by Gasteiger charge is 2.15. The number of likely N-dealkylation sites (N-methyl/N-ethyl adjacent to an activating group) is 1. The van der Waals surface area contributed by atoms with Crippen LogP contribution in [0.25, 0.3) is 0 Å². The van der Waals surface area contributed by atoms with E-state index >= 15 is 0 Å². The molecule has 0 spiro atoms. The Hall–Kier alpha value is -1.55. The lowest BCUT2D eigenvalue weighted by atomic mass is 10.1. The molecule has 1 aromatic rings. The number of primary amides is 1. The third-order valence-electron chi connectivity index (χ3n) is 1.92. The predicted octanol–water partition coefficient (Wildman–Crippen LogP) is 0.528. The molecule has 0 saturated carbocycles. The number of phenolic OH excluding ortho intramolecular Hbond substituents is 1. The normalized spacial score (nSPS) is 12.4. The van der Waals surface area contributed by atoms with Gasteiger partial charge in [-0.25, -0.2) is 0 Å². The summed E-state index contributed by atoms with van der Waals surface area (Å²) in [5.41, 5.74) is 5.99. The van der Waals surface area contributed by atoms with Crippen LogP contribution in [0.15, 0.2) is 24.3 Å². The third kappa shape index (κ3) is 2.47. The van der Waals surface area contributed by atoms with Crippen molar-refractivity contribution in [3.63, 3.8) is 0 Å². The van der Waals surface area contributed by atoms with E-state index in [0.29, 0.717) is 6.54 Å². The molecule has 1 amide bonds. The topological polar surface area (TPSA) is 75.3 Å². The second kappa shape index (κ2) is 4.62. The summed E-state index contributed by atoms with van der Waals surface area (Å²) in [5, 5.41) is 12.0. The molecule has 4 nitrogen and oxygen atoms in total. The Morgan fingerprint density at radius 3 is 2.50 bits per heavy atom. The fourth-order valence-electron chi connectivity index (χ4n) is 1.25. The third-order valence-corrected chi connectivity index (χ3v) is 1.92. The molecular weight excluding hydrogens is 180 g/mol. The number of amides is 1. The number of benzene rings is 1. The molecule has 0 aromatic heterocycles. The minimum absolute atomic E-state index is 0.175. The monoisotopic (exact) mass is 194 g/mol. The Labute approximate surface area is 82.7 Å². The van der Waals surface area contributed by atoms with E-state index < -0.39 is 11.9 Å². The summed E-state index contributed by atoms with van der Waals surface area (Å²) >= 11 is 0. The standard InChI is InChI=1S/C10H14N2O2/c1-2-12-9(10(11)14)7-3-5-8(13)6-4-7/h3-6,9,12-13H,2H2,1H3,(H2,11,14). The SMILES string of the molecule is CCNC(C(N)=O)c1ccc(O)cc1. The second-order valence-electron chi connectivity index (χ2n) is 2.98. The summed E-state index contributed by atoms with van der Waals surface area (Å²) in [4.78, 5) is 11.1. The van der Waals surface area contributed by atoms with Gasteiger partial charge in [0.25, 0.3) is 0 Å². The van der Waals surface area contributed by atoms with E-state index in [0.717, 1.165) is 5.56 Å². The summed E-state index contributed by atoms with van der Waals surface area (Å²) < 4.78 is 0. The zero-order chi connectivity index (χ0) is 10.6. The molecule has 1 unspecified atom stereocenters. The summed E-state index contributed by atoms with van der Waals surface area (Å²) in [6.07, 6.45) is 0. The van der Waals surface area contributed by atoms with Gasteiger partial charge >= 0.3 is 0 Å². The molecule has 0 bridgehead atoms. The number of rotatable bonds is 4. The smallest absolute Gasteiger partial charge is 0.239 e. The summed E-state index contributed by atoms with van der Waals surface area (Å²) in [5.74, 6) is -0.244. The number of hydrogen-bond donors (Lipinski definition) is 3. The average Bonchev–Trinajstić information content (AvgIpc) is 2.15. The van der Waals surface area contributed by atoms with Gasteiger partial charge in [-0.2, -0.15) is 0 Å². The van der Waals surface area contributed by atoms with E-state index in [2.05, 4.69) is 5.32 Å². The second-order valence-corrected chi connectivity index (χ2v) is 2.98. The van der Waals surface area contributed by atoms with Crippen LogP contribution in [0.5, 0.6) is 5.75 Å². The lowest BCUT2D eigenvalue weighted by molar-refractivity contribution is -0.120. The van der Waals surface area contributed by atoms with Crippen molar-refractivity contribution in [2.45, 2.75) is 13.0 Å². The average molecular weight is 194 g/mol. The van der Waals surface area contributed by atoms with Crippen LogP contribution in [0.1, 0.15) is 18.5 Å². The number of nitrogens with one attached hydrogen (secondary N) is 1. The van der Waals surface area contributed by atoms with Gasteiger partial charge in [0.05, 0.1) is 0 Å². The van der Waals surface area contributed by atoms with Gasteiger partial charge in [-0.05, 0) is 24.2 Å². The molecule has 0 aliphatic rings. The maximum Gasteiger partial charge on any atom is 0.239 e. The Balaban J connectivity index is 2.87. The highest BCUT2D eigenvalue weighted by molar-refractivity contribution is 5.81. The van der Waals surface area contributed by atoms with E-state index in [1.54, 1.807) is 12.1 Å². The van der Waals surface area contributed by atoms with Crippen molar-refractivity contribution in [1.82, 2.24) is 5.32 Å². The van der Waals surface area contributed by atoms with Gasteiger partial charge < -0.3 is 16.2 Å². The molecular formula is C10H14N2O2. The van der Waals surface area contributed by atoms with Crippen molar-refractivity contribution in [3.05, 3.63) is 29.8 Å². The highest BCUT2D eigenvalue weighted by Crippen LogP contribution is 2.16. The number of carbonyl (C=O) groups is 1. The summed E-state index contributed by atoms with van der Waals surface area (Å²) in [6.45, 7) is 2.56. The Morgan fingerprint density at radius 1 is 1.50 bits per heavy atom. The molecule has 0 aliphatic carbocycles. The molecule has 0 radical (unpaired) electrons. The first-order chi connectivity index (χ1) is 6.65. The van der Waals surface area contributed by atoms with Gasteiger partial charge in [-0.3, -0.25) is 4.79 Å². The van der Waals surface area contributed by atoms with Crippen LogP contribution in [0.3, 0.4) is 0 Å². The molecule has 76 valence electrons. The minimum atomic E-state index is -0.486. The van der Waals surface area contributed by atoms with E-state index in [4.69, 9.17) is 10.8 Å². The van der Waals surface area contributed by atoms with Gasteiger partial charge in [-0.15, -0.1) is 0 Å². The van der Waals surface area contributed by atoms with E-state index in [9.17, 15) is 4.79 Å². The van der Waals surface area contributed by atoms with Gasteiger partial charge in [0.2, 0.25) is 5.91 Å². The van der Waals surface area contributed by atoms with E-state index in [1.165, 1.54) is 12.1 Å². The number of hydrogen-bond acceptors (Lipinski definition) is 3. The molecule has 4 heteroatoms. The zero-order valence-corrected chi connectivity index (χ0v) is 8.03. The molecule has 14 heavy (non-hydrogen) atoms. The fraction of sp³-hybridized carbons (Fsp3) is 0.300. The van der Waals surface area contributed by atoms with Crippen molar-refractivity contribution in [2.75, 3.05) is 6.54 Å². The first-order valence-corrected chi connectivity index (χ1v) is 4.46. The van der Waals surface area contributed by atoms with Crippen LogP contribution in [0, 0.1) is 0 Å². The lowest BCUT2D eigenvalue weighted by Gasteiger charge is -2.14. The molecule has 0 fully saturated rings. The van der Waals surface area contributed by atoms with Crippen LogP contribution in [-0.2, 0) is 4.79 Å². The first-order valence-electron chi connectivity index (χ1n) is 4.46. The van der Waals surface area contributed by atoms with Crippen LogP contribution >= 0.6 is 0 Å². The summed E-state index contributed by atoms with van der Waals surface area (Å²) in [6, 6.07) is 5.92. The van der Waals surface area contributed by atoms with Gasteiger partial charge in [0.15, 0.2) is 0 Å². The van der Waals surface area contributed by atoms with Crippen molar-refractivity contribution >= 4 is 5.91 Å². The van der Waals surface area contributed by atoms with Crippen LogP contribution in [0.4, 0.5) is 0 Å². The molecule has 1 atom stereocenters. The highest BCUT2D eigenvalue weighted by atomic mass is 16.3. The Bertz CT molecular complexity index is 308. The maximum absolute atomic E-state index is 11.1. The van der Waals surface area contributed by atoms with E-state index in [-0.39, 0.29) is 5.75 Å². The molecule has 0 aliphatic heterocycles. The lowest BCUT2D eigenvalue weighted by Crippen LogP contribution is -2.33. The first kappa shape index (κ1) is 10.5. The van der Waals surface area contributed by atoms with Crippen molar-refractivity contribution in [3.8, 4) is 5.75 Å². The van der Waals surface area contributed by atoms with Crippen molar-refractivity contribution in [1.29, 1.82) is 0 Å². The van der Waals surface area contributed by atoms with E-state index in [1.807, 2.05) is 6.92 Å². The number of carbonyl (C=O) groups excluding carboxylic acids is 1. The van der Waals surface area contributed by atoms with Crippen LogP contribution in [-0.4, -0.2) is 17.6 Å². The van der Waals surface area contributed by atoms with Gasteiger partial charge in [0, 0.05) is 0 Å². The molecule has 0 heterocycles. The number of nitrogens with two attached hydrogens (primary N) is 1. The molecule has 1 aromatic carbocycles. The van der Waals surface area contributed by atoms with Crippen LogP contribution < -0.4 is 11.1 Å². The quantitative estimate of drug-likeness (QED) is 0.654. The number of phenols is 1. The Morgan fingerprint density at radius 2 is 2.07 bits per heavy atom. The molecule has 0 saturated heterocycles.